The van der Waals surface area contributed by atoms with Gasteiger partial charge in [0.2, 0.25) is 0 Å². The molecule has 0 fully saturated rings. The highest BCUT2D eigenvalue weighted by molar-refractivity contribution is 4.95. The van der Waals surface area contributed by atoms with Gasteiger partial charge in [0.25, 0.3) is 0 Å². The first kappa shape index (κ1) is 12.1. The zero-order valence-electron chi connectivity index (χ0n) is 8.95. The molecule has 0 nitrogen and oxygen atoms in total. The Morgan fingerprint density at radius 1 is 0.615 bits per heavy atom. The predicted molar refractivity (Wildman–Crippen MR) is 59.2 cm³/mol. The normalized spacial score (nSPS) is 8.15. The highest BCUT2D eigenvalue weighted by Crippen LogP contribution is 2.06. The van der Waals surface area contributed by atoms with Crippen LogP contribution in [0.3, 0.4) is 0 Å². The second-order valence-electron chi connectivity index (χ2n) is 3.12. The molecule has 0 saturated heterocycles. The van der Waals surface area contributed by atoms with Crippen molar-refractivity contribution in [3.05, 3.63) is 0 Å². The fraction of sp³-hybridized carbons (Fsp3) is 0.692. The molecule has 13 heavy (non-hydrogen) atoms. The van der Waals surface area contributed by atoms with E-state index in [2.05, 4.69) is 23.7 Å². The summed E-state index contributed by atoms with van der Waals surface area (Å²) >= 11 is 0. The lowest BCUT2D eigenvalue weighted by Crippen LogP contribution is -1.78. The summed E-state index contributed by atoms with van der Waals surface area (Å²) in [6, 6.07) is 0. The van der Waals surface area contributed by atoms with Gasteiger partial charge < -0.3 is 0 Å². The molecule has 0 aliphatic carbocycles. The molecule has 0 aromatic rings. The van der Waals surface area contributed by atoms with E-state index in [4.69, 9.17) is 0 Å². The van der Waals surface area contributed by atoms with Crippen molar-refractivity contribution in [1.29, 1.82) is 0 Å². The van der Waals surface area contributed by atoms with Crippen LogP contribution in [0, 0.1) is 23.7 Å². The number of hydrogen-bond acceptors (Lipinski definition) is 0. The van der Waals surface area contributed by atoms with Gasteiger partial charge in [0, 0.05) is 12.8 Å². The lowest BCUT2D eigenvalue weighted by molar-refractivity contribution is 0.628. The molecular formula is C13H20. The van der Waals surface area contributed by atoms with E-state index in [1.165, 1.54) is 32.1 Å². The maximum Gasteiger partial charge on any atom is 0.00885 e. The minimum Gasteiger partial charge on any atom is -0.107 e. The third-order valence-electron chi connectivity index (χ3n) is 1.96. The number of rotatable bonds is 6. The molecular weight excluding hydrogens is 156 g/mol. The SMILES string of the molecule is CC#CCCCCCCCC#CC. The van der Waals surface area contributed by atoms with E-state index in [0.29, 0.717) is 0 Å². The first-order chi connectivity index (χ1) is 6.41. The van der Waals surface area contributed by atoms with Gasteiger partial charge in [0.05, 0.1) is 0 Å². The molecule has 0 N–H and O–H groups in total. The van der Waals surface area contributed by atoms with Crippen LogP contribution in [0.1, 0.15) is 58.8 Å². The van der Waals surface area contributed by atoms with Crippen molar-refractivity contribution < 1.29 is 0 Å². The Labute approximate surface area is 83.1 Å². The van der Waals surface area contributed by atoms with Crippen LogP contribution < -0.4 is 0 Å². The summed E-state index contributed by atoms with van der Waals surface area (Å²) in [5.74, 6) is 12.0. The molecule has 0 heterocycles. The van der Waals surface area contributed by atoms with Crippen LogP contribution in [0.15, 0.2) is 0 Å². The molecule has 0 amide bonds. The van der Waals surface area contributed by atoms with E-state index >= 15 is 0 Å². The van der Waals surface area contributed by atoms with Gasteiger partial charge in [-0.15, -0.1) is 23.7 Å². The largest absolute Gasteiger partial charge is 0.107 e. The zero-order valence-corrected chi connectivity index (χ0v) is 8.95. The van der Waals surface area contributed by atoms with E-state index in [-0.39, 0.29) is 0 Å². The molecule has 0 radical (unpaired) electrons. The molecule has 0 aliphatic rings. The standard InChI is InChI=1S/C13H20/c1-3-5-7-9-11-13-12-10-8-6-4-2/h7-13H2,1-2H3. The first-order valence-corrected chi connectivity index (χ1v) is 5.21. The second kappa shape index (κ2) is 11.1. The lowest BCUT2D eigenvalue weighted by atomic mass is 10.1. The third kappa shape index (κ3) is 11.1. The van der Waals surface area contributed by atoms with Gasteiger partial charge in [-0.3, -0.25) is 0 Å². The van der Waals surface area contributed by atoms with Gasteiger partial charge in [0.15, 0.2) is 0 Å². The van der Waals surface area contributed by atoms with E-state index in [9.17, 15) is 0 Å². The van der Waals surface area contributed by atoms with E-state index in [0.717, 1.165) is 12.8 Å². The van der Waals surface area contributed by atoms with Gasteiger partial charge in [-0.2, -0.15) is 0 Å². The van der Waals surface area contributed by atoms with E-state index in [1.807, 2.05) is 13.8 Å². The van der Waals surface area contributed by atoms with Crippen molar-refractivity contribution in [3.63, 3.8) is 0 Å². The summed E-state index contributed by atoms with van der Waals surface area (Å²) in [6.07, 6.45) is 8.68. The maximum atomic E-state index is 3.09. The molecule has 0 aromatic carbocycles. The van der Waals surface area contributed by atoms with Crippen molar-refractivity contribution in [2.45, 2.75) is 58.8 Å². The second-order valence-corrected chi connectivity index (χ2v) is 3.12. The lowest BCUT2D eigenvalue weighted by Gasteiger charge is -1.96. The summed E-state index contributed by atoms with van der Waals surface area (Å²) in [4.78, 5) is 0. The Hall–Kier alpha value is -0.880. The Balaban J connectivity index is 2.96. The zero-order chi connectivity index (χ0) is 9.78. The summed E-state index contributed by atoms with van der Waals surface area (Å²) in [5, 5.41) is 0. The molecule has 0 bridgehead atoms. The minimum atomic E-state index is 1.07. The summed E-state index contributed by atoms with van der Waals surface area (Å²) in [5.41, 5.74) is 0. The predicted octanol–water partition coefficient (Wildman–Crippen LogP) is 3.76. The molecule has 0 atom stereocenters. The highest BCUT2D eigenvalue weighted by atomic mass is 13.9. The average Bonchev–Trinajstić information content (AvgIpc) is 2.16. The fourth-order valence-corrected chi connectivity index (χ4v) is 1.21. The van der Waals surface area contributed by atoms with Crippen molar-refractivity contribution in [1.82, 2.24) is 0 Å². The average molecular weight is 176 g/mol. The molecule has 0 rings (SSSR count). The van der Waals surface area contributed by atoms with Crippen LogP contribution in [0.5, 0.6) is 0 Å². The number of hydrogen-bond donors (Lipinski definition) is 0. The van der Waals surface area contributed by atoms with Crippen LogP contribution >= 0.6 is 0 Å². The molecule has 0 unspecified atom stereocenters. The Bertz CT molecular complexity index is 180. The van der Waals surface area contributed by atoms with Gasteiger partial charge in [-0.25, -0.2) is 0 Å². The molecule has 0 aliphatic heterocycles. The third-order valence-corrected chi connectivity index (χ3v) is 1.96. The van der Waals surface area contributed by atoms with Crippen LogP contribution in [0.25, 0.3) is 0 Å². The summed E-state index contributed by atoms with van der Waals surface area (Å²) < 4.78 is 0. The summed E-state index contributed by atoms with van der Waals surface area (Å²) in [7, 11) is 0. The molecule has 0 spiro atoms. The highest BCUT2D eigenvalue weighted by Gasteiger charge is 1.88. The smallest absolute Gasteiger partial charge is 0.00885 e. The van der Waals surface area contributed by atoms with Gasteiger partial charge in [-0.1, -0.05) is 19.3 Å². The molecule has 0 saturated carbocycles. The summed E-state index contributed by atoms with van der Waals surface area (Å²) in [6.45, 7) is 3.81. The first-order valence-electron chi connectivity index (χ1n) is 5.21. The Morgan fingerprint density at radius 3 is 1.38 bits per heavy atom. The fourth-order valence-electron chi connectivity index (χ4n) is 1.21. The molecule has 72 valence electrons. The Morgan fingerprint density at radius 2 is 1.00 bits per heavy atom. The van der Waals surface area contributed by atoms with Crippen molar-refractivity contribution in [3.8, 4) is 23.7 Å². The van der Waals surface area contributed by atoms with Crippen LogP contribution in [-0.2, 0) is 0 Å². The minimum absolute atomic E-state index is 1.07. The van der Waals surface area contributed by atoms with Crippen LogP contribution in [0.4, 0.5) is 0 Å². The van der Waals surface area contributed by atoms with Gasteiger partial charge in [0.1, 0.15) is 0 Å². The number of unbranched alkanes of at least 4 members (excludes halogenated alkanes) is 6. The van der Waals surface area contributed by atoms with Crippen molar-refractivity contribution >= 4 is 0 Å². The van der Waals surface area contributed by atoms with Crippen LogP contribution in [-0.4, -0.2) is 0 Å². The topological polar surface area (TPSA) is 0 Å². The van der Waals surface area contributed by atoms with Gasteiger partial charge >= 0.3 is 0 Å². The van der Waals surface area contributed by atoms with E-state index in [1.54, 1.807) is 0 Å². The van der Waals surface area contributed by atoms with E-state index < -0.39 is 0 Å². The molecule has 0 heteroatoms. The van der Waals surface area contributed by atoms with Gasteiger partial charge in [-0.05, 0) is 26.7 Å². The monoisotopic (exact) mass is 176 g/mol. The molecule has 0 aromatic heterocycles. The van der Waals surface area contributed by atoms with Crippen molar-refractivity contribution in [2.75, 3.05) is 0 Å². The quantitative estimate of drug-likeness (QED) is 0.427. The maximum absolute atomic E-state index is 3.09. The van der Waals surface area contributed by atoms with Crippen LogP contribution in [0.2, 0.25) is 0 Å². The van der Waals surface area contributed by atoms with Crippen molar-refractivity contribution in [2.24, 2.45) is 0 Å². The Kier molecular flexibility index (Phi) is 10.4.